The number of carbonyl (C=O) groups excluding carboxylic acids is 1. The number of aromatic amines is 1. The number of nitrogens with two attached hydrogens (primary N) is 1. The van der Waals surface area contributed by atoms with Gasteiger partial charge in [0.05, 0.1) is 18.3 Å². The van der Waals surface area contributed by atoms with Crippen molar-refractivity contribution >= 4 is 22.5 Å². The molecule has 2 aromatic rings. The van der Waals surface area contributed by atoms with Crippen LogP contribution in [-0.2, 0) is 4.74 Å². The Hall–Kier alpha value is -2.05. The molecule has 0 radical (unpaired) electrons. The summed E-state index contributed by atoms with van der Waals surface area (Å²) in [6.07, 6.45) is 0.959. The minimum Gasteiger partial charge on any atom is -0.399 e. The molecule has 6 heteroatoms. The van der Waals surface area contributed by atoms with E-state index in [2.05, 4.69) is 4.98 Å². The summed E-state index contributed by atoms with van der Waals surface area (Å²) < 4.78 is 4.85. The Morgan fingerprint density at radius 1 is 1.55 bits per heavy atom. The van der Waals surface area contributed by atoms with Gasteiger partial charge in [-0.15, -0.1) is 0 Å². The SMILES string of the molecule is COCC(O)CN(C)C(=O)c1c[nH]c2cc(N)ccc12. The summed E-state index contributed by atoms with van der Waals surface area (Å²) in [6, 6.07) is 5.35. The molecule has 6 nitrogen and oxygen atoms in total. The third kappa shape index (κ3) is 2.92. The molecule has 0 aliphatic carbocycles. The maximum Gasteiger partial charge on any atom is 0.255 e. The van der Waals surface area contributed by atoms with Crippen molar-refractivity contribution in [2.24, 2.45) is 0 Å². The van der Waals surface area contributed by atoms with E-state index < -0.39 is 6.10 Å². The minimum atomic E-state index is -0.699. The van der Waals surface area contributed by atoms with Gasteiger partial charge in [-0.3, -0.25) is 4.79 Å². The third-order valence-corrected chi connectivity index (χ3v) is 3.13. The van der Waals surface area contributed by atoms with Crippen LogP contribution in [0.25, 0.3) is 10.9 Å². The molecule has 1 aromatic carbocycles. The maximum atomic E-state index is 12.4. The molecular formula is C14H19N3O3. The summed E-state index contributed by atoms with van der Waals surface area (Å²) in [5.74, 6) is -0.156. The highest BCUT2D eigenvalue weighted by atomic mass is 16.5. The molecular weight excluding hydrogens is 258 g/mol. The summed E-state index contributed by atoms with van der Waals surface area (Å²) in [7, 11) is 3.16. The van der Waals surface area contributed by atoms with Gasteiger partial charge in [-0.1, -0.05) is 0 Å². The third-order valence-electron chi connectivity index (χ3n) is 3.13. The van der Waals surface area contributed by atoms with Crippen molar-refractivity contribution in [1.29, 1.82) is 0 Å². The summed E-state index contributed by atoms with van der Waals surface area (Å²) in [5, 5.41) is 10.5. The lowest BCUT2D eigenvalue weighted by Gasteiger charge is -2.20. The van der Waals surface area contributed by atoms with Crippen LogP contribution < -0.4 is 5.73 Å². The van der Waals surface area contributed by atoms with Crippen LogP contribution in [0.4, 0.5) is 5.69 Å². The Balaban J connectivity index is 2.18. The van der Waals surface area contributed by atoms with Gasteiger partial charge in [0, 0.05) is 43.5 Å². The van der Waals surface area contributed by atoms with Crippen LogP contribution in [0.2, 0.25) is 0 Å². The molecule has 20 heavy (non-hydrogen) atoms. The number of benzene rings is 1. The second kappa shape index (κ2) is 5.94. The summed E-state index contributed by atoms with van der Waals surface area (Å²) in [6.45, 7) is 0.413. The number of nitrogens with zero attached hydrogens (tertiary/aromatic N) is 1. The zero-order valence-corrected chi connectivity index (χ0v) is 11.6. The number of rotatable bonds is 5. The molecule has 108 valence electrons. The van der Waals surface area contributed by atoms with Crippen LogP contribution in [0.5, 0.6) is 0 Å². The Bertz CT molecular complexity index is 609. The molecule has 0 bridgehead atoms. The second-order valence-corrected chi connectivity index (χ2v) is 4.80. The monoisotopic (exact) mass is 277 g/mol. The van der Waals surface area contributed by atoms with Gasteiger partial charge in [-0.2, -0.15) is 0 Å². The highest BCUT2D eigenvalue weighted by Gasteiger charge is 2.18. The van der Waals surface area contributed by atoms with Crippen LogP contribution in [0, 0.1) is 0 Å². The zero-order chi connectivity index (χ0) is 14.7. The first-order valence-electron chi connectivity index (χ1n) is 6.32. The fraction of sp³-hybridized carbons (Fsp3) is 0.357. The van der Waals surface area contributed by atoms with Crippen LogP contribution >= 0.6 is 0 Å². The maximum absolute atomic E-state index is 12.4. The van der Waals surface area contributed by atoms with E-state index in [1.165, 1.54) is 12.0 Å². The molecule has 0 aliphatic rings. The van der Waals surface area contributed by atoms with Crippen LogP contribution in [-0.4, -0.2) is 54.3 Å². The Morgan fingerprint density at radius 2 is 2.30 bits per heavy atom. The van der Waals surface area contributed by atoms with E-state index in [0.29, 0.717) is 11.3 Å². The van der Waals surface area contributed by atoms with Gasteiger partial charge in [0.25, 0.3) is 5.91 Å². The van der Waals surface area contributed by atoms with Crippen molar-refractivity contribution in [3.8, 4) is 0 Å². The Kier molecular flexibility index (Phi) is 4.26. The smallest absolute Gasteiger partial charge is 0.255 e. The first kappa shape index (κ1) is 14.4. The van der Waals surface area contributed by atoms with Gasteiger partial charge in [0.15, 0.2) is 0 Å². The van der Waals surface area contributed by atoms with E-state index >= 15 is 0 Å². The number of aliphatic hydroxyl groups is 1. The van der Waals surface area contributed by atoms with Gasteiger partial charge < -0.3 is 25.5 Å². The van der Waals surface area contributed by atoms with Crippen molar-refractivity contribution in [2.45, 2.75) is 6.10 Å². The second-order valence-electron chi connectivity index (χ2n) is 4.80. The molecule has 1 atom stereocenters. The molecule has 1 aromatic heterocycles. The quantitative estimate of drug-likeness (QED) is 0.706. The summed E-state index contributed by atoms with van der Waals surface area (Å²) in [5.41, 5.74) is 7.73. The number of likely N-dealkylation sites (N-methyl/N-ethyl adjacent to an activating group) is 1. The van der Waals surface area contributed by atoms with Gasteiger partial charge in [-0.05, 0) is 18.2 Å². The van der Waals surface area contributed by atoms with Crippen molar-refractivity contribution in [3.63, 3.8) is 0 Å². The van der Waals surface area contributed by atoms with Crippen molar-refractivity contribution in [2.75, 3.05) is 33.0 Å². The zero-order valence-electron chi connectivity index (χ0n) is 11.6. The van der Waals surface area contributed by atoms with Gasteiger partial charge in [-0.25, -0.2) is 0 Å². The minimum absolute atomic E-state index is 0.156. The number of aromatic nitrogens is 1. The fourth-order valence-corrected chi connectivity index (χ4v) is 2.17. The predicted molar refractivity (Wildman–Crippen MR) is 77.6 cm³/mol. The van der Waals surface area contributed by atoms with Crippen LogP contribution in [0.1, 0.15) is 10.4 Å². The lowest BCUT2D eigenvalue weighted by atomic mass is 10.1. The molecule has 1 amide bonds. The fourth-order valence-electron chi connectivity index (χ4n) is 2.17. The number of hydrogen-bond acceptors (Lipinski definition) is 4. The molecule has 0 fully saturated rings. The summed E-state index contributed by atoms with van der Waals surface area (Å²) >= 11 is 0. The highest BCUT2D eigenvalue weighted by molar-refractivity contribution is 6.07. The van der Waals surface area contributed by atoms with E-state index in [9.17, 15) is 9.90 Å². The highest BCUT2D eigenvalue weighted by Crippen LogP contribution is 2.21. The first-order chi connectivity index (χ1) is 9.52. The van der Waals surface area contributed by atoms with Crippen molar-refractivity contribution < 1.29 is 14.6 Å². The molecule has 0 spiro atoms. The van der Waals surface area contributed by atoms with Crippen molar-refractivity contribution in [1.82, 2.24) is 9.88 Å². The summed E-state index contributed by atoms with van der Waals surface area (Å²) in [4.78, 5) is 16.9. The number of aliphatic hydroxyl groups excluding tert-OH is 1. The van der Waals surface area contributed by atoms with E-state index in [1.807, 2.05) is 6.07 Å². The number of nitrogens with one attached hydrogen (secondary N) is 1. The average molecular weight is 277 g/mol. The molecule has 0 saturated carbocycles. The number of H-pyrrole nitrogens is 1. The van der Waals surface area contributed by atoms with Crippen LogP contribution in [0.3, 0.4) is 0 Å². The molecule has 1 heterocycles. The first-order valence-corrected chi connectivity index (χ1v) is 6.32. The topological polar surface area (TPSA) is 91.6 Å². The largest absolute Gasteiger partial charge is 0.399 e. The Labute approximate surface area is 117 Å². The van der Waals surface area contributed by atoms with E-state index in [0.717, 1.165) is 10.9 Å². The number of hydrogen-bond donors (Lipinski definition) is 3. The number of ether oxygens (including phenoxy) is 1. The van der Waals surface area contributed by atoms with Crippen molar-refractivity contribution in [3.05, 3.63) is 30.0 Å². The lowest BCUT2D eigenvalue weighted by Crippen LogP contribution is -2.36. The number of anilines is 1. The number of nitrogen functional groups attached to an aromatic ring is 1. The van der Waals surface area contributed by atoms with Gasteiger partial charge in [0.2, 0.25) is 0 Å². The number of methoxy groups -OCH3 is 1. The predicted octanol–water partition coefficient (Wildman–Crippen LogP) is 0.829. The van der Waals surface area contributed by atoms with Gasteiger partial charge in [0.1, 0.15) is 0 Å². The molecule has 4 N–H and O–H groups in total. The lowest BCUT2D eigenvalue weighted by molar-refractivity contribution is 0.0381. The normalized spacial score (nSPS) is 12.6. The number of amides is 1. The molecule has 0 aliphatic heterocycles. The average Bonchev–Trinajstić information content (AvgIpc) is 2.80. The molecule has 0 saturated heterocycles. The molecule has 2 rings (SSSR count). The van der Waals surface area contributed by atoms with Crippen LogP contribution in [0.15, 0.2) is 24.4 Å². The number of fused-ring (bicyclic) bond motifs is 1. The van der Waals surface area contributed by atoms with E-state index in [1.54, 1.807) is 25.4 Å². The Morgan fingerprint density at radius 3 is 3.00 bits per heavy atom. The van der Waals surface area contributed by atoms with Gasteiger partial charge >= 0.3 is 0 Å². The standard InChI is InChI=1S/C14H19N3O3/c1-17(7-10(18)8-20-2)14(19)12-6-16-13-5-9(15)3-4-11(12)13/h3-6,10,16,18H,7-8,15H2,1-2H3. The number of carbonyl (C=O) groups is 1. The molecule has 1 unspecified atom stereocenters. The van der Waals surface area contributed by atoms with E-state index in [4.69, 9.17) is 10.5 Å². The van der Waals surface area contributed by atoms with E-state index in [-0.39, 0.29) is 19.1 Å².